The molecule has 2 heterocycles. The van der Waals surface area contributed by atoms with E-state index in [-0.39, 0.29) is 12.1 Å². The molecule has 1 aliphatic heterocycles. The predicted octanol–water partition coefficient (Wildman–Crippen LogP) is 3.19. The summed E-state index contributed by atoms with van der Waals surface area (Å²) in [4.78, 5) is 21.0. The summed E-state index contributed by atoms with van der Waals surface area (Å²) in [6.45, 7) is 11.9. The lowest BCUT2D eigenvalue weighted by atomic mass is 10.1. The van der Waals surface area contributed by atoms with Gasteiger partial charge in [-0.3, -0.25) is 4.90 Å². The fraction of sp³-hybridized carbons (Fsp3) is 0.500. The lowest BCUT2D eigenvalue weighted by Crippen LogP contribution is -2.52. The minimum Gasteiger partial charge on any atom is -0.441 e. The van der Waals surface area contributed by atoms with E-state index in [1.165, 1.54) is 0 Å². The van der Waals surface area contributed by atoms with Gasteiger partial charge < -0.3 is 14.6 Å². The minimum atomic E-state index is 0.0269. The molecule has 0 atom stereocenters. The first-order valence-corrected chi connectivity index (χ1v) is 9.24. The van der Waals surface area contributed by atoms with Crippen LogP contribution in [0.15, 0.2) is 28.7 Å². The van der Waals surface area contributed by atoms with Crippen molar-refractivity contribution in [1.29, 1.82) is 0 Å². The van der Waals surface area contributed by atoms with Gasteiger partial charge in [0.15, 0.2) is 0 Å². The number of urea groups is 1. The number of piperazine rings is 1. The molecule has 2 amide bonds. The van der Waals surface area contributed by atoms with Crippen LogP contribution in [0.5, 0.6) is 0 Å². The Morgan fingerprint density at radius 2 is 1.88 bits per heavy atom. The van der Waals surface area contributed by atoms with Crippen molar-refractivity contribution >= 4 is 6.03 Å². The van der Waals surface area contributed by atoms with E-state index in [1.54, 1.807) is 0 Å². The quantitative estimate of drug-likeness (QED) is 0.914. The van der Waals surface area contributed by atoms with E-state index in [2.05, 4.69) is 23.2 Å². The van der Waals surface area contributed by atoms with Gasteiger partial charge in [-0.15, -0.1) is 0 Å². The van der Waals surface area contributed by atoms with Gasteiger partial charge in [0.05, 0.1) is 5.69 Å². The Hall–Kier alpha value is -2.34. The summed E-state index contributed by atoms with van der Waals surface area (Å²) in [6.07, 6.45) is 0. The van der Waals surface area contributed by atoms with E-state index < -0.39 is 0 Å². The number of oxazole rings is 1. The second-order valence-electron chi connectivity index (χ2n) is 7.20. The smallest absolute Gasteiger partial charge is 0.317 e. The number of carbonyl (C=O) groups excluding carboxylic acids is 1. The average molecular weight is 356 g/mol. The predicted molar refractivity (Wildman–Crippen MR) is 102 cm³/mol. The number of nitrogens with zero attached hydrogens (tertiary/aromatic N) is 3. The van der Waals surface area contributed by atoms with Gasteiger partial charge in [-0.2, -0.15) is 0 Å². The molecule has 0 aliphatic carbocycles. The SMILES string of the molecule is Cc1ccccc1-c1nc(CN2CCN(C(=O)NC(C)C)CC2)c(C)o1. The maximum atomic E-state index is 12.1. The Balaban J connectivity index is 1.61. The molecule has 2 aromatic rings. The second-order valence-corrected chi connectivity index (χ2v) is 7.20. The third-order valence-electron chi connectivity index (χ3n) is 4.71. The number of aryl methyl sites for hydroxylation is 2. The summed E-state index contributed by atoms with van der Waals surface area (Å²) >= 11 is 0. The second kappa shape index (κ2) is 7.91. The van der Waals surface area contributed by atoms with Gasteiger partial charge in [0, 0.05) is 44.3 Å². The van der Waals surface area contributed by atoms with E-state index in [0.717, 1.165) is 55.3 Å². The fourth-order valence-electron chi connectivity index (χ4n) is 3.16. The summed E-state index contributed by atoms with van der Waals surface area (Å²) in [5.74, 6) is 1.55. The number of amides is 2. The Labute approximate surface area is 155 Å². The van der Waals surface area contributed by atoms with Crippen LogP contribution in [0.4, 0.5) is 4.79 Å². The normalized spacial score (nSPS) is 15.5. The van der Waals surface area contributed by atoms with Crippen molar-refractivity contribution in [3.05, 3.63) is 41.3 Å². The Kier molecular flexibility index (Phi) is 5.61. The molecule has 140 valence electrons. The standard InChI is InChI=1S/C20H28N4O2/c1-14(2)21-20(25)24-11-9-23(10-12-24)13-18-16(4)26-19(22-18)17-8-6-5-7-15(17)3/h5-8,14H,9-13H2,1-4H3,(H,21,25). The van der Waals surface area contributed by atoms with Crippen LogP contribution >= 0.6 is 0 Å². The third kappa shape index (κ3) is 4.25. The van der Waals surface area contributed by atoms with Crippen LogP contribution in [0.3, 0.4) is 0 Å². The van der Waals surface area contributed by atoms with Gasteiger partial charge >= 0.3 is 6.03 Å². The maximum absolute atomic E-state index is 12.1. The first kappa shape index (κ1) is 18.5. The molecule has 0 unspecified atom stereocenters. The third-order valence-corrected chi connectivity index (χ3v) is 4.71. The average Bonchev–Trinajstić information content (AvgIpc) is 2.96. The number of hydrogen-bond donors (Lipinski definition) is 1. The molecule has 1 fully saturated rings. The summed E-state index contributed by atoms with van der Waals surface area (Å²) in [7, 11) is 0. The van der Waals surface area contributed by atoms with Crippen LogP contribution in [0.1, 0.15) is 30.9 Å². The molecule has 0 saturated carbocycles. The van der Waals surface area contributed by atoms with Crippen molar-refractivity contribution in [1.82, 2.24) is 20.1 Å². The maximum Gasteiger partial charge on any atom is 0.317 e. The fourth-order valence-corrected chi connectivity index (χ4v) is 3.16. The molecular formula is C20H28N4O2. The Morgan fingerprint density at radius 1 is 1.19 bits per heavy atom. The Morgan fingerprint density at radius 3 is 2.54 bits per heavy atom. The largest absolute Gasteiger partial charge is 0.441 e. The molecule has 0 spiro atoms. The molecule has 26 heavy (non-hydrogen) atoms. The van der Waals surface area contributed by atoms with Crippen LogP contribution < -0.4 is 5.32 Å². The van der Waals surface area contributed by atoms with Gasteiger partial charge in [0.2, 0.25) is 5.89 Å². The molecule has 3 rings (SSSR count). The summed E-state index contributed by atoms with van der Waals surface area (Å²) in [5, 5.41) is 2.95. The van der Waals surface area contributed by atoms with Crippen LogP contribution in [-0.2, 0) is 6.54 Å². The number of hydrogen-bond acceptors (Lipinski definition) is 4. The van der Waals surface area contributed by atoms with Crippen molar-refractivity contribution in [3.63, 3.8) is 0 Å². The zero-order chi connectivity index (χ0) is 18.7. The highest BCUT2D eigenvalue weighted by Gasteiger charge is 2.23. The van der Waals surface area contributed by atoms with E-state index in [0.29, 0.717) is 5.89 Å². The van der Waals surface area contributed by atoms with Gasteiger partial charge in [-0.25, -0.2) is 9.78 Å². The highest BCUT2D eigenvalue weighted by molar-refractivity contribution is 5.74. The molecular weight excluding hydrogens is 328 g/mol. The van der Waals surface area contributed by atoms with Crippen molar-refractivity contribution in [2.45, 2.75) is 40.3 Å². The summed E-state index contributed by atoms with van der Waals surface area (Å²) in [5.41, 5.74) is 3.17. The molecule has 0 radical (unpaired) electrons. The van der Waals surface area contributed by atoms with Gasteiger partial charge in [-0.1, -0.05) is 18.2 Å². The van der Waals surface area contributed by atoms with Crippen molar-refractivity contribution in [2.75, 3.05) is 26.2 Å². The number of aromatic nitrogens is 1. The lowest BCUT2D eigenvalue weighted by molar-refractivity contribution is 0.133. The van der Waals surface area contributed by atoms with E-state index in [4.69, 9.17) is 9.40 Å². The monoisotopic (exact) mass is 356 g/mol. The van der Waals surface area contributed by atoms with E-state index in [1.807, 2.05) is 43.9 Å². The molecule has 6 heteroatoms. The van der Waals surface area contributed by atoms with Gasteiger partial charge in [0.25, 0.3) is 0 Å². The molecule has 0 bridgehead atoms. The van der Waals surface area contributed by atoms with Crippen molar-refractivity contribution < 1.29 is 9.21 Å². The van der Waals surface area contributed by atoms with Crippen LogP contribution in [0.25, 0.3) is 11.5 Å². The first-order chi connectivity index (χ1) is 12.4. The lowest BCUT2D eigenvalue weighted by Gasteiger charge is -2.34. The number of carbonyl (C=O) groups is 1. The van der Waals surface area contributed by atoms with E-state index in [9.17, 15) is 4.79 Å². The topological polar surface area (TPSA) is 61.6 Å². The van der Waals surface area contributed by atoms with Gasteiger partial charge in [-0.05, 0) is 39.3 Å². The molecule has 1 saturated heterocycles. The van der Waals surface area contributed by atoms with Crippen LogP contribution in [0.2, 0.25) is 0 Å². The molecule has 1 N–H and O–H groups in total. The zero-order valence-corrected chi connectivity index (χ0v) is 16.1. The van der Waals surface area contributed by atoms with Crippen LogP contribution in [0, 0.1) is 13.8 Å². The number of benzene rings is 1. The Bertz CT molecular complexity index is 761. The van der Waals surface area contributed by atoms with Crippen molar-refractivity contribution in [3.8, 4) is 11.5 Å². The molecule has 6 nitrogen and oxygen atoms in total. The van der Waals surface area contributed by atoms with Gasteiger partial charge in [0.1, 0.15) is 5.76 Å². The summed E-state index contributed by atoms with van der Waals surface area (Å²) in [6, 6.07) is 8.32. The van der Waals surface area contributed by atoms with Crippen molar-refractivity contribution in [2.24, 2.45) is 0 Å². The minimum absolute atomic E-state index is 0.0269. The summed E-state index contributed by atoms with van der Waals surface area (Å²) < 4.78 is 5.91. The first-order valence-electron chi connectivity index (χ1n) is 9.24. The highest BCUT2D eigenvalue weighted by atomic mass is 16.4. The number of rotatable bonds is 4. The highest BCUT2D eigenvalue weighted by Crippen LogP contribution is 2.25. The zero-order valence-electron chi connectivity index (χ0n) is 16.1. The number of nitrogens with one attached hydrogen (secondary N) is 1. The van der Waals surface area contributed by atoms with E-state index >= 15 is 0 Å². The van der Waals surface area contributed by atoms with Crippen LogP contribution in [-0.4, -0.2) is 53.0 Å². The molecule has 1 aromatic carbocycles. The molecule has 1 aromatic heterocycles. The molecule has 1 aliphatic rings.